The van der Waals surface area contributed by atoms with E-state index in [9.17, 15) is 9.59 Å². The maximum Gasteiger partial charge on any atom is 0.237 e. The van der Waals surface area contributed by atoms with E-state index in [1.807, 2.05) is 52.0 Å². The lowest BCUT2D eigenvalue weighted by atomic mass is 9.86. The lowest BCUT2D eigenvalue weighted by Crippen LogP contribution is -2.40. The number of nitrogens with zero attached hydrogens (tertiary/aromatic N) is 1. The minimum absolute atomic E-state index is 0.0118. The molecule has 0 unspecified atom stereocenters. The summed E-state index contributed by atoms with van der Waals surface area (Å²) >= 11 is 0. The molecule has 2 rings (SSSR count). The molecule has 1 amide bonds. The van der Waals surface area contributed by atoms with Crippen LogP contribution in [0.2, 0.25) is 0 Å². The van der Waals surface area contributed by atoms with Gasteiger partial charge in [-0.15, -0.1) is 0 Å². The summed E-state index contributed by atoms with van der Waals surface area (Å²) in [6.07, 6.45) is 0. The van der Waals surface area contributed by atoms with Crippen molar-refractivity contribution in [1.29, 1.82) is 0 Å². The van der Waals surface area contributed by atoms with Crippen LogP contribution in [0.25, 0.3) is 0 Å². The molecule has 1 aliphatic rings. The average molecular weight is 245 g/mol. The minimum Gasteiger partial charge on any atom is -0.304 e. The van der Waals surface area contributed by atoms with Crippen molar-refractivity contribution in [1.82, 2.24) is 0 Å². The van der Waals surface area contributed by atoms with E-state index in [1.165, 1.54) is 0 Å². The van der Waals surface area contributed by atoms with Gasteiger partial charge in [0, 0.05) is 11.6 Å². The van der Waals surface area contributed by atoms with Crippen LogP contribution in [-0.4, -0.2) is 18.2 Å². The van der Waals surface area contributed by atoms with Crippen molar-refractivity contribution in [2.45, 2.75) is 33.1 Å². The Hall–Kier alpha value is -1.64. The number of fused-ring (bicyclic) bond motifs is 1. The van der Waals surface area contributed by atoms with Crippen molar-refractivity contribution in [3.8, 4) is 0 Å². The highest BCUT2D eigenvalue weighted by atomic mass is 16.2. The summed E-state index contributed by atoms with van der Waals surface area (Å²) in [6.45, 7) is 7.72. The van der Waals surface area contributed by atoms with E-state index in [2.05, 4.69) is 0 Å². The number of carbonyl (C=O) groups is 2. The van der Waals surface area contributed by atoms with E-state index in [0.29, 0.717) is 0 Å². The van der Waals surface area contributed by atoms with Crippen molar-refractivity contribution in [3.63, 3.8) is 0 Å². The molecule has 0 saturated carbocycles. The van der Waals surface area contributed by atoms with Gasteiger partial charge in [0.25, 0.3) is 0 Å². The van der Waals surface area contributed by atoms with Crippen molar-refractivity contribution < 1.29 is 9.59 Å². The smallest absolute Gasteiger partial charge is 0.237 e. The zero-order valence-corrected chi connectivity index (χ0v) is 11.4. The molecule has 18 heavy (non-hydrogen) atoms. The molecule has 0 saturated heterocycles. The van der Waals surface area contributed by atoms with Crippen molar-refractivity contribution in [2.75, 3.05) is 11.4 Å². The second kappa shape index (κ2) is 4.23. The number of hydrogen-bond donors (Lipinski definition) is 0. The fraction of sp³-hybridized carbons (Fsp3) is 0.467. The van der Waals surface area contributed by atoms with Gasteiger partial charge >= 0.3 is 0 Å². The van der Waals surface area contributed by atoms with E-state index in [4.69, 9.17) is 0 Å². The Labute approximate surface area is 108 Å². The number of para-hydroxylation sites is 1. The number of ketones is 1. The van der Waals surface area contributed by atoms with Crippen molar-refractivity contribution >= 4 is 17.4 Å². The van der Waals surface area contributed by atoms with E-state index >= 15 is 0 Å². The fourth-order valence-electron chi connectivity index (χ4n) is 2.29. The number of anilines is 1. The Morgan fingerprint density at radius 2 is 1.89 bits per heavy atom. The molecule has 0 fully saturated rings. The van der Waals surface area contributed by atoms with Crippen LogP contribution in [0.3, 0.4) is 0 Å². The van der Waals surface area contributed by atoms with Crippen LogP contribution in [0.15, 0.2) is 24.3 Å². The van der Waals surface area contributed by atoms with Crippen LogP contribution in [0.4, 0.5) is 5.69 Å². The zero-order valence-electron chi connectivity index (χ0n) is 11.4. The number of rotatable bonds is 3. The first-order chi connectivity index (χ1) is 8.35. The molecule has 1 aromatic rings. The lowest BCUT2D eigenvalue weighted by molar-refractivity contribution is -0.125. The molecule has 96 valence electrons. The van der Waals surface area contributed by atoms with Gasteiger partial charge in [-0.1, -0.05) is 32.0 Å². The van der Waals surface area contributed by atoms with Gasteiger partial charge in [-0.3, -0.25) is 9.59 Å². The number of Topliss-reactive ketones (excluding diaryl/α,β-unsaturated/α-hetero) is 1. The highest BCUT2D eigenvalue weighted by Crippen LogP contribution is 2.41. The van der Waals surface area contributed by atoms with Crippen LogP contribution in [0.5, 0.6) is 0 Å². The number of hydrogen-bond acceptors (Lipinski definition) is 2. The van der Waals surface area contributed by atoms with Gasteiger partial charge in [0.05, 0.1) is 12.0 Å². The molecule has 3 heteroatoms. The van der Waals surface area contributed by atoms with Gasteiger partial charge in [0.15, 0.2) is 5.78 Å². The van der Waals surface area contributed by atoms with Gasteiger partial charge in [0.2, 0.25) is 5.91 Å². The van der Waals surface area contributed by atoms with E-state index in [0.717, 1.165) is 11.3 Å². The number of benzene rings is 1. The summed E-state index contributed by atoms with van der Waals surface area (Å²) < 4.78 is 0. The topological polar surface area (TPSA) is 37.4 Å². The third kappa shape index (κ3) is 1.84. The van der Waals surface area contributed by atoms with Crippen LogP contribution in [0.1, 0.15) is 33.3 Å². The first kappa shape index (κ1) is 12.8. The standard InChI is InChI=1S/C15H19NO2/c1-10(2)13(17)9-16-12-8-6-5-7-11(12)15(3,4)14(16)18/h5-8,10H,9H2,1-4H3. The second-order valence-corrected chi connectivity index (χ2v) is 5.65. The van der Waals surface area contributed by atoms with Gasteiger partial charge in [-0.25, -0.2) is 0 Å². The predicted molar refractivity (Wildman–Crippen MR) is 71.7 cm³/mol. The molecule has 1 aliphatic heterocycles. The second-order valence-electron chi connectivity index (χ2n) is 5.65. The van der Waals surface area contributed by atoms with Crippen LogP contribution in [-0.2, 0) is 15.0 Å². The average Bonchev–Trinajstić information content (AvgIpc) is 2.51. The number of amides is 1. The van der Waals surface area contributed by atoms with E-state index in [1.54, 1.807) is 4.90 Å². The lowest BCUT2D eigenvalue weighted by Gasteiger charge is -2.20. The summed E-state index contributed by atoms with van der Waals surface area (Å²) in [5.41, 5.74) is 1.35. The Bertz CT molecular complexity index is 503. The Balaban J connectivity index is 2.39. The summed E-state index contributed by atoms with van der Waals surface area (Å²) in [5.74, 6) is 0.0576. The van der Waals surface area contributed by atoms with Gasteiger partial charge in [0.1, 0.15) is 0 Å². The Morgan fingerprint density at radius 3 is 2.50 bits per heavy atom. The Kier molecular flexibility index (Phi) is 3.01. The third-order valence-corrected chi connectivity index (χ3v) is 3.61. The molecule has 0 bridgehead atoms. The van der Waals surface area contributed by atoms with Crippen LogP contribution < -0.4 is 4.90 Å². The van der Waals surface area contributed by atoms with Gasteiger partial charge < -0.3 is 4.90 Å². The van der Waals surface area contributed by atoms with Crippen molar-refractivity contribution in [2.24, 2.45) is 5.92 Å². The maximum absolute atomic E-state index is 12.4. The molecular weight excluding hydrogens is 226 g/mol. The first-order valence-corrected chi connectivity index (χ1v) is 6.30. The third-order valence-electron chi connectivity index (χ3n) is 3.61. The summed E-state index contributed by atoms with van der Waals surface area (Å²) in [7, 11) is 0. The molecule has 1 heterocycles. The predicted octanol–water partition coefficient (Wildman–Crippen LogP) is 2.54. The summed E-state index contributed by atoms with van der Waals surface area (Å²) in [6, 6.07) is 7.71. The summed E-state index contributed by atoms with van der Waals surface area (Å²) in [5, 5.41) is 0. The normalized spacial score (nSPS) is 17.2. The van der Waals surface area contributed by atoms with Crippen LogP contribution in [0, 0.1) is 5.92 Å². The minimum atomic E-state index is -0.534. The molecule has 0 aliphatic carbocycles. The maximum atomic E-state index is 12.4. The zero-order chi connectivity index (χ0) is 13.5. The number of carbonyl (C=O) groups excluding carboxylic acids is 2. The highest BCUT2D eigenvalue weighted by molar-refractivity contribution is 6.10. The quantitative estimate of drug-likeness (QED) is 0.820. The van der Waals surface area contributed by atoms with Crippen LogP contribution >= 0.6 is 0 Å². The largest absolute Gasteiger partial charge is 0.304 e. The van der Waals surface area contributed by atoms with E-state index < -0.39 is 5.41 Å². The highest BCUT2D eigenvalue weighted by Gasteiger charge is 2.44. The molecule has 0 atom stereocenters. The fourth-order valence-corrected chi connectivity index (χ4v) is 2.29. The molecular formula is C15H19NO2. The Morgan fingerprint density at radius 1 is 1.28 bits per heavy atom. The molecule has 0 spiro atoms. The molecule has 0 N–H and O–H groups in total. The molecule has 3 nitrogen and oxygen atoms in total. The first-order valence-electron chi connectivity index (χ1n) is 6.30. The summed E-state index contributed by atoms with van der Waals surface area (Å²) in [4.78, 5) is 25.9. The molecule has 1 aromatic carbocycles. The van der Waals surface area contributed by atoms with Gasteiger partial charge in [-0.2, -0.15) is 0 Å². The molecule has 0 aromatic heterocycles. The molecule has 0 radical (unpaired) electrons. The van der Waals surface area contributed by atoms with E-state index in [-0.39, 0.29) is 24.2 Å². The van der Waals surface area contributed by atoms with Crippen molar-refractivity contribution in [3.05, 3.63) is 29.8 Å². The SMILES string of the molecule is CC(C)C(=O)CN1C(=O)C(C)(C)c2ccccc21. The monoisotopic (exact) mass is 245 g/mol. The van der Waals surface area contributed by atoms with Gasteiger partial charge in [-0.05, 0) is 25.5 Å².